The lowest BCUT2D eigenvalue weighted by molar-refractivity contribution is 0.711. The molecule has 3 nitrogen and oxygen atoms in total. The molecule has 0 unspecified atom stereocenters. The van der Waals surface area contributed by atoms with Crippen molar-refractivity contribution in [1.82, 2.24) is 10.3 Å². The second-order valence-corrected chi connectivity index (χ2v) is 7.40. The van der Waals surface area contributed by atoms with Crippen molar-refractivity contribution in [2.75, 3.05) is 11.9 Å². The Labute approximate surface area is 157 Å². The fraction of sp³-hybridized carbons (Fsp3) is 0.429. The molecule has 1 aromatic carbocycles. The normalized spacial score (nSPS) is 12.0. The van der Waals surface area contributed by atoms with Crippen molar-refractivity contribution in [2.45, 2.75) is 54.4 Å². The standard InChI is InChI=1S/C21H29N3S/c1-12-8-9-19(22-10-12)24-21(25)23-11-13(2)20-17(6)15(4)14(3)16(5)18(20)7/h8-10,13H,11H2,1-7H3,(H2,22,23,24,25)/t13-/m0/s1. The minimum Gasteiger partial charge on any atom is -0.362 e. The van der Waals surface area contributed by atoms with E-state index in [4.69, 9.17) is 12.2 Å². The van der Waals surface area contributed by atoms with E-state index >= 15 is 0 Å². The van der Waals surface area contributed by atoms with Gasteiger partial charge in [-0.2, -0.15) is 0 Å². The van der Waals surface area contributed by atoms with E-state index in [2.05, 4.69) is 57.2 Å². The van der Waals surface area contributed by atoms with Crippen LogP contribution in [-0.4, -0.2) is 16.6 Å². The monoisotopic (exact) mass is 355 g/mol. The fourth-order valence-corrected chi connectivity index (χ4v) is 3.51. The first-order valence-corrected chi connectivity index (χ1v) is 9.17. The molecule has 1 atom stereocenters. The lowest BCUT2D eigenvalue weighted by Gasteiger charge is -2.24. The third-order valence-corrected chi connectivity index (χ3v) is 5.52. The van der Waals surface area contributed by atoms with Gasteiger partial charge >= 0.3 is 0 Å². The number of nitrogens with zero attached hydrogens (tertiary/aromatic N) is 1. The number of rotatable bonds is 4. The average molecular weight is 356 g/mol. The smallest absolute Gasteiger partial charge is 0.171 e. The predicted octanol–water partition coefficient (Wildman–Crippen LogP) is 5.02. The Bertz CT molecular complexity index is 750. The minimum absolute atomic E-state index is 0.378. The van der Waals surface area contributed by atoms with E-state index in [-0.39, 0.29) is 0 Å². The van der Waals surface area contributed by atoms with Gasteiger partial charge in [0.25, 0.3) is 0 Å². The van der Waals surface area contributed by atoms with Crippen molar-refractivity contribution in [3.8, 4) is 0 Å². The number of pyridine rings is 1. The molecule has 0 aliphatic carbocycles. The first-order chi connectivity index (χ1) is 11.7. The zero-order chi connectivity index (χ0) is 18.7. The molecule has 134 valence electrons. The summed E-state index contributed by atoms with van der Waals surface area (Å²) in [5.74, 6) is 1.15. The molecule has 0 bridgehead atoms. The van der Waals surface area contributed by atoms with Crippen LogP contribution in [0.2, 0.25) is 0 Å². The number of aromatic nitrogens is 1. The second-order valence-electron chi connectivity index (χ2n) is 7.00. The summed E-state index contributed by atoms with van der Waals surface area (Å²) >= 11 is 5.41. The molecule has 0 aliphatic rings. The highest BCUT2D eigenvalue weighted by atomic mass is 32.1. The molecule has 0 amide bonds. The van der Waals surface area contributed by atoms with E-state index in [0.29, 0.717) is 11.0 Å². The number of benzene rings is 1. The van der Waals surface area contributed by atoms with Gasteiger partial charge in [0, 0.05) is 12.7 Å². The van der Waals surface area contributed by atoms with Gasteiger partial charge in [0.2, 0.25) is 0 Å². The maximum absolute atomic E-state index is 5.41. The van der Waals surface area contributed by atoms with Crippen molar-refractivity contribution in [2.24, 2.45) is 0 Å². The molecule has 1 heterocycles. The van der Waals surface area contributed by atoms with Gasteiger partial charge in [-0.1, -0.05) is 13.0 Å². The Hall–Kier alpha value is -1.94. The number of aryl methyl sites for hydroxylation is 1. The Kier molecular flexibility index (Phi) is 6.17. The summed E-state index contributed by atoms with van der Waals surface area (Å²) in [7, 11) is 0. The van der Waals surface area contributed by atoms with Gasteiger partial charge in [-0.25, -0.2) is 4.98 Å². The summed E-state index contributed by atoms with van der Waals surface area (Å²) < 4.78 is 0. The van der Waals surface area contributed by atoms with Gasteiger partial charge < -0.3 is 10.6 Å². The number of thiocarbonyl (C=S) groups is 1. The first-order valence-electron chi connectivity index (χ1n) is 8.76. The highest BCUT2D eigenvalue weighted by molar-refractivity contribution is 7.80. The van der Waals surface area contributed by atoms with E-state index in [1.54, 1.807) is 0 Å². The van der Waals surface area contributed by atoms with Gasteiger partial charge in [0.15, 0.2) is 5.11 Å². The minimum atomic E-state index is 0.378. The molecule has 4 heteroatoms. The molecule has 25 heavy (non-hydrogen) atoms. The third-order valence-electron chi connectivity index (χ3n) is 5.27. The van der Waals surface area contributed by atoms with Crippen LogP contribution in [0.15, 0.2) is 18.3 Å². The van der Waals surface area contributed by atoms with Crippen molar-refractivity contribution in [1.29, 1.82) is 0 Å². The summed E-state index contributed by atoms with van der Waals surface area (Å²) in [5, 5.41) is 7.09. The topological polar surface area (TPSA) is 37.0 Å². The van der Waals surface area contributed by atoms with E-state index in [9.17, 15) is 0 Å². The lowest BCUT2D eigenvalue weighted by Crippen LogP contribution is -2.32. The third kappa shape index (κ3) is 4.37. The molecule has 0 spiro atoms. The van der Waals surface area contributed by atoms with E-state index < -0.39 is 0 Å². The van der Waals surface area contributed by atoms with E-state index in [0.717, 1.165) is 17.9 Å². The van der Waals surface area contributed by atoms with Crippen LogP contribution in [0, 0.1) is 41.5 Å². The Balaban J connectivity index is 2.06. The van der Waals surface area contributed by atoms with Crippen molar-refractivity contribution >= 4 is 23.1 Å². The van der Waals surface area contributed by atoms with Crippen LogP contribution in [0.5, 0.6) is 0 Å². The van der Waals surface area contributed by atoms with Crippen molar-refractivity contribution in [3.63, 3.8) is 0 Å². The summed E-state index contributed by atoms with van der Waals surface area (Å²) in [4.78, 5) is 4.33. The first kappa shape index (κ1) is 19.4. The molecule has 0 fully saturated rings. The van der Waals surface area contributed by atoms with Gasteiger partial charge in [0.1, 0.15) is 5.82 Å². The van der Waals surface area contributed by atoms with Crippen LogP contribution in [0.4, 0.5) is 5.82 Å². The molecule has 0 saturated heterocycles. The van der Waals surface area contributed by atoms with Crippen LogP contribution >= 0.6 is 12.2 Å². The number of hydrogen-bond acceptors (Lipinski definition) is 2. The lowest BCUT2D eigenvalue weighted by atomic mass is 9.84. The summed E-state index contributed by atoms with van der Waals surface area (Å²) in [5.41, 5.74) is 9.56. The maximum atomic E-state index is 5.41. The van der Waals surface area contributed by atoms with Gasteiger partial charge in [-0.3, -0.25) is 0 Å². The maximum Gasteiger partial charge on any atom is 0.171 e. The van der Waals surface area contributed by atoms with E-state index in [1.165, 1.54) is 33.4 Å². The quantitative estimate of drug-likeness (QED) is 0.755. The van der Waals surface area contributed by atoms with Crippen LogP contribution in [-0.2, 0) is 0 Å². The molecule has 0 saturated carbocycles. The Morgan fingerprint density at radius 2 is 1.52 bits per heavy atom. The molecule has 0 radical (unpaired) electrons. The van der Waals surface area contributed by atoms with Crippen LogP contribution in [0.1, 0.15) is 51.8 Å². The molecular formula is C21H29N3S. The Morgan fingerprint density at radius 3 is 2.04 bits per heavy atom. The van der Waals surface area contributed by atoms with Crippen LogP contribution in [0.25, 0.3) is 0 Å². The molecule has 1 aromatic heterocycles. The van der Waals surface area contributed by atoms with Crippen molar-refractivity contribution in [3.05, 3.63) is 57.3 Å². The summed E-state index contributed by atoms with van der Waals surface area (Å²) in [6, 6.07) is 3.96. The van der Waals surface area contributed by atoms with Crippen LogP contribution in [0.3, 0.4) is 0 Å². The van der Waals surface area contributed by atoms with Crippen molar-refractivity contribution < 1.29 is 0 Å². The highest BCUT2D eigenvalue weighted by Crippen LogP contribution is 2.31. The average Bonchev–Trinajstić information content (AvgIpc) is 2.58. The summed E-state index contributed by atoms with van der Waals surface area (Å²) in [6.45, 7) is 16.2. The predicted molar refractivity (Wildman–Crippen MR) is 112 cm³/mol. The molecule has 2 aromatic rings. The van der Waals surface area contributed by atoms with E-state index in [1.807, 2.05) is 25.3 Å². The number of hydrogen-bond donors (Lipinski definition) is 2. The summed E-state index contributed by atoms with van der Waals surface area (Å²) in [6.07, 6.45) is 1.83. The Morgan fingerprint density at radius 1 is 0.960 bits per heavy atom. The van der Waals surface area contributed by atoms with Gasteiger partial charge in [-0.05, 0) is 105 Å². The fourth-order valence-electron chi connectivity index (χ4n) is 3.32. The zero-order valence-electron chi connectivity index (χ0n) is 16.4. The second kappa shape index (κ2) is 7.96. The number of nitrogens with one attached hydrogen (secondary N) is 2. The molecule has 2 rings (SSSR count). The zero-order valence-corrected chi connectivity index (χ0v) is 17.2. The molecular weight excluding hydrogens is 326 g/mol. The largest absolute Gasteiger partial charge is 0.362 e. The van der Waals surface area contributed by atoms with Gasteiger partial charge in [0.05, 0.1) is 0 Å². The molecule has 2 N–H and O–H groups in total. The van der Waals surface area contributed by atoms with Gasteiger partial charge in [-0.15, -0.1) is 0 Å². The SMILES string of the molecule is Cc1ccc(NC(=S)NC[C@H](C)c2c(C)c(C)c(C)c(C)c2C)nc1. The molecule has 0 aliphatic heterocycles. The highest BCUT2D eigenvalue weighted by Gasteiger charge is 2.17. The number of anilines is 1. The van der Waals surface area contributed by atoms with Crippen LogP contribution < -0.4 is 10.6 Å².